The fourth-order valence-corrected chi connectivity index (χ4v) is 0.682. The lowest BCUT2D eigenvalue weighted by Crippen LogP contribution is -2.09. The van der Waals surface area contributed by atoms with Crippen molar-refractivity contribution in [3.63, 3.8) is 0 Å². The first-order valence-corrected chi connectivity index (χ1v) is 3.66. The zero-order chi connectivity index (χ0) is 9.68. The van der Waals surface area contributed by atoms with E-state index in [1.165, 1.54) is 6.07 Å². The minimum Gasteiger partial charge on any atom is -0.471 e. The molecular formula is C7H9F2N3O. The molecule has 13 heavy (non-hydrogen) atoms. The fraction of sp³-hybridized carbons (Fsp3) is 0.429. The Bertz CT molecular complexity index is 252. The number of alkyl halides is 2. The lowest BCUT2D eigenvalue weighted by Gasteiger charge is -2.03. The zero-order valence-electron chi connectivity index (χ0n) is 6.78. The van der Waals surface area contributed by atoms with Crippen LogP contribution in [0.3, 0.4) is 0 Å². The van der Waals surface area contributed by atoms with Crippen molar-refractivity contribution in [2.24, 2.45) is 5.73 Å². The second-order valence-electron chi connectivity index (χ2n) is 2.27. The molecule has 0 saturated carbocycles. The van der Waals surface area contributed by atoms with E-state index < -0.39 is 13.0 Å². The minimum atomic E-state index is -2.50. The third kappa shape index (κ3) is 3.29. The molecule has 0 unspecified atom stereocenters. The highest BCUT2D eigenvalue weighted by atomic mass is 19.3. The van der Waals surface area contributed by atoms with Crippen LogP contribution >= 0.6 is 0 Å². The topological polar surface area (TPSA) is 61.0 Å². The molecule has 0 fully saturated rings. The molecule has 1 heterocycles. The quantitative estimate of drug-likeness (QED) is 0.752. The highest BCUT2D eigenvalue weighted by molar-refractivity contribution is 5.11. The van der Waals surface area contributed by atoms with Crippen molar-refractivity contribution >= 4 is 0 Å². The van der Waals surface area contributed by atoms with Crippen molar-refractivity contribution in [3.8, 4) is 5.88 Å². The maximum Gasteiger partial charge on any atom is 0.272 e. The number of hydrogen-bond acceptors (Lipinski definition) is 4. The summed E-state index contributed by atoms with van der Waals surface area (Å²) in [6.07, 6.45) is -2.50. The monoisotopic (exact) mass is 189 g/mol. The molecule has 0 aliphatic rings. The average Bonchev–Trinajstić information content (AvgIpc) is 2.15. The molecule has 0 saturated heterocycles. The van der Waals surface area contributed by atoms with Gasteiger partial charge in [-0.15, -0.1) is 5.10 Å². The third-order valence-electron chi connectivity index (χ3n) is 1.26. The number of hydrogen-bond donors (Lipinski definition) is 1. The normalized spacial score (nSPS) is 10.5. The number of nitrogens with two attached hydrogens (primary N) is 1. The van der Waals surface area contributed by atoms with Crippen LogP contribution < -0.4 is 10.5 Å². The molecule has 0 aliphatic carbocycles. The number of nitrogens with zero attached hydrogens (tertiary/aromatic N) is 2. The summed E-state index contributed by atoms with van der Waals surface area (Å²) in [5.74, 6) is 0.0810. The SMILES string of the molecule is NCc1ccc(OCC(F)F)nn1. The van der Waals surface area contributed by atoms with Gasteiger partial charge in [-0.05, 0) is 6.07 Å². The largest absolute Gasteiger partial charge is 0.471 e. The Morgan fingerprint density at radius 1 is 1.38 bits per heavy atom. The summed E-state index contributed by atoms with van der Waals surface area (Å²) >= 11 is 0. The molecular weight excluding hydrogens is 180 g/mol. The second kappa shape index (κ2) is 4.66. The van der Waals surface area contributed by atoms with Gasteiger partial charge in [0.25, 0.3) is 6.43 Å². The minimum absolute atomic E-state index is 0.0810. The van der Waals surface area contributed by atoms with Crippen LogP contribution in [0.1, 0.15) is 5.69 Å². The maximum absolute atomic E-state index is 11.7. The molecule has 1 aromatic rings. The predicted octanol–water partition coefficient (Wildman–Crippen LogP) is 0.579. The highest BCUT2D eigenvalue weighted by Crippen LogP contribution is 2.05. The van der Waals surface area contributed by atoms with Gasteiger partial charge in [-0.2, -0.15) is 5.10 Å². The van der Waals surface area contributed by atoms with Gasteiger partial charge in [-0.25, -0.2) is 8.78 Å². The molecule has 0 amide bonds. The molecule has 0 aliphatic heterocycles. The molecule has 0 spiro atoms. The van der Waals surface area contributed by atoms with Crippen LogP contribution in [0, 0.1) is 0 Å². The van der Waals surface area contributed by atoms with Gasteiger partial charge in [0.15, 0.2) is 6.61 Å². The van der Waals surface area contributed by atoms with Crippen molar-refractivity contribution in [1.29, 1.82) is 0 Å². The Labute approximate surface area is 73.7 Å². The third-order valence-corrected chi connectivity index (χ3v) is 1.26. The first kappa shape index (κ1) is 9.79. The average molecular weight is 189 g/mol. The smallest absolute Gasteiger partial charge is 0.272 e. The van der Waals surface area contributed by atoms with Crippen LogP contribution in [0.2, 0.25) is 0 Å². The van der Waals surface area contributed by atoms with E-state index in [0.29, 0.717) is 5.69 Å². The Morgan fingerprint density at radius 2 is 2.15 bits per heavy atom. The van der Waals surface area contributed by atoms with Crippen LogP contribution in [0.15, 0.2) is 12.1 Å². The van der Waals surface area contributed by atoms with Crippen molar-refractivity contribution in [1.82, 2.24) is 10.2 Å². The summed E-state index contributed by atoms with van der Waals surface area (Å²) in [6.45, 7) is -0.404. The molecule has 0 bridgehead atoms. The Balaban J connectivity index is 2.49. The molecule has 1 rings (SSSR count). The molecule has 4 nitrogen and oxygen atoms in total. The summed E-state index contributed by atoms with van der Waals surface area (Å²) in [7, 11) is 0. The first-order valence-electron chi connectivity index (χ1n) is 3.66. The highest BCUT2D eigenvalue weighted by Gasteiger charge is 2.04. The van der Waals surface area contributed by atoms with Crippen molar-refractivity contribution in [3.05, 3.63) is 17.8 Å². The molecule has 6 heteroatoms. The number of aromatic nitrogens is 2. The molecule has 72 valence electrons. The van der Waals surface area contributed by atoms with Gasteiger partial charge in [0.1, 0.15) is 0 Å². The van der Waals surface area contributed by atoms with Crippen LogP contribution in [-0.4, -0.2) is 23.2 Å². The van der Waals surface area contributed by atoms with Crippen molar-refractivity contribution < 1.29 is 13.5 Å². The van der Waals surface area contributed by atoms with E-state index >= 15 is 0 Å². The van der Waals surface area contributed by atoms with Gasteiger partial charge in [0, 0.05) is 12.6 Å². The summed E-state index contributed by atoms with van der Waals surface area (Å²) in [5, 5.41) is 7.17. The van der Waals surface area contributed by atoms with E-state index in [4.69, 9.17) is 5.73 Å². The summed E-state index contributed by atoms with van der Waals surface area (Å²) in [6, 6.07) is 3.03. The zero-order valence-corrected chi connectivity index (χ0v) is 6.78. The number of rotatable bonds is 4. The second-order valence-corrected chi connectivity index (χ2v) is 2.27. The van der Waals surface area contributed by atoms with Gasteiger partial charge in [-0.1, -0.05) is 0 Å². The Morgan fingerprint density at radius 3 is 2.62 bits per heavy atom. The van der Waals surface area contributed by atoms with E-state index in [1.54, 1.807) is 6.07 Å². The Hall–Kier alpha value is -1.30. The van der Waals surface area contributed by atoms with Gasteiger partial charge in [-0.3, -0.25) is 0 Å². The van der Waals surface area contributed by atoms with E-state index in [2.05, 4.69) is 14.9 Å². The van der Waals surface area contributed by atoms with E-state index in [1.807, 2.05) is 0 Å². The molecule has 0 atom stereocenters. The van der Waals surface area contributed by atoms with E-state index in [-0.39, 0.29) is 12.4 Å². The summed E-state index contributed by atoms with van der Waals surface area (Å²) in [5.41, 5.74) is 5.85. The summed E-state index contributed by atoms with van der Waals surface area (Å²) < 4.78 is 27.9. The van der Waals surface area contributed by atoms with Gasteiger partial charge >= 0.3 is 0 Å². The van der Waals surface area contributed by atoms with Crippen molar-refractivity contribution in [2.75, 3.05) is 6.61 Å². The predicted molar refractivity (Wildman–Crippen MR) is 41.4 cm³/mol. The molecule has 0 aromatic carbocycles. The van der Waals surface area contributed by atoms with Crippen LogP contribution in [-0.2, 0) is 6.54 Å². The fourth-order valence-electron chi connectivity index (χ4n) is 0.682. The van der Waals surface area contributed by atoms with Gasteiger partial charge < -0.3 is 10.5 Å². The van der Waals surface area contributed by atoms with E-state index in [0.717, 1.165) is 0 Å². The lowest BCUT2D eigenvalue weighted by molar-refractivity contribution is 0.0790. The molecule has 2 N–H and O–H groups in total. The summed E-state index contributed by atoms with van der Waals surface area (Å²) in [4.78, 5) is 0. The number of ether oxygens (including phenoxy) is 1. The standard InChI is InChI=1S/C7H9F2N3O/c8-6(9)4-13-7-2-1-5(3-10)11-12-7/h1-2,6H,3-4,10H2. The maximum atomic E-state index is 11.7. The molecule has 1 aromatic heterocycles. The lowest BCUT2D eigenvalue weighted by atomic mass is 10.4. The first-order chi connectivity index (χ1) is 6.22. The molecule has 0 radical (unpaired) electrons. The van der Waals surface area contributed by atoms with Crippen LogP contribution in [0.4, 0.5) is 8.78 Å². The van der Waals surface area contributed by atoms with Gasteiger partial charge in [0.2, 0.25) is 5.88 Å². The van der Waals surface area contributed by atoms with Gasteiger partial charge in [0.05, 0.1) is 5.69 Å². The van der Waals surface area contributed by atoms with Crippen molar-refractivity contribution in [2.45, 2.75) is 13.0 Å². The number of halogens is 2. The Kier molecular flexibility index (Phi) is 3.51. The van der Waals surface area contributed by atoms with E-state index in [9.17, 15) is 8.78 Å². The van der Waals surface area contributed by atoms with Crippen LogP contribution in [0.25, 0.3) is 0 Å². The van der Waals surface area contributed by atoms with Crippen LogP contribution in [0.5, 0.6) is 5.88 Å².